The molecule has 23 heavy (non-hydrogen) atoms. The average molecular weight is 338 g/mol. The number of hydrogen-bond donors (Lipinski definition) is 2. The number of hydrogen-bond acceptors (Lipinski definition) is 6. The van der Waals surface area contributed by atoms with Gasteiger partial charge in [-0.25, -0.2) is 9.59 Å². The monoisotopic (exact) mass is 337 g/mol. The number of benzene rings is 1. The predicted molar refractivity (Wildman–Crippen MR) is 82.8 cm³/mol. The van der Waals surface area contributed by atoms with Crippen LogP contribution in [-0.4, -0.2) is 27.9 Å². The summed E-state index contributed by atoms with van der Waals surface area (Å²) >= 11 is 5.70. The molecule has 0 aliphatic carbocycles. The number of nitrogens with one attached hydrogen (secondary N) is 1. The fourth-order valence-electron chi connectivity index (χ4n) is 1.78. The molecule has 0 aliphatic heterocycles. The number of aromatic nitrogens is 2. The number of anilines is 1. The third-order valence-electron chi connectivity index (χ3n) is 3.06. The molecule has 0 radical (unpaired) electrons. The van der Waals surface area contributed by atoms with Crippen molar-refractivity contribution in [2.75, 3.05) is 12.3 Å². The Balaban J connectivity index is 2.16. The molecular weight excluding hydrogens is 326 g/mol. The predicted octanol–water partition coefficient (Wildman–Crippen LogP) is 0.349. The number of ketones is 1. The van der Waals surface area contributed by atoms with Gasteiger partial charge in [0.15, 0.2) is 6.61 Å². The Kier molecular flexibility index (Phi) is 4.65. The highest BCUT2D eigenvalue weighted by atomic mass is 35.5. The number of aromatic amines is 1. The smallest absolute Gasteiger partial charge is 0.338 e. The Morgan fingerprint density at radius 1 is 1.26 bits per heavy atom. The van der Waals surface area contributed by atoms with E-state index in [1.807, 2.05) is 4.98 Å². The van der Waals surface area contributed by atoms with Crippen LogP contribution < -0.4 is 17.0 Å². The van der Waals surface area contributed by atoms with E-state index in [2.05, 4.69) is 0 Å². The molecule has 0 unspecified atom stereocenters. The summed E-state index contributed by atoms with van der Waals surface area (Å²) in [7, 11) is 1.30. The minimum absolute atomic E-state index is 0.199. The molecule has 0 fully saturated rings. The summed E-state index contributed by atoms with van der Waals surface area (Å²) in [5.41, 5.74) is 3.67. The molecule has 0 atom stereocenters. The van der Waals surface area contributed by atoms with Gasteiger partial charge in [0.05, 0.1) is 5.56 Å². The van der Waals surface area contributed by atoms with Gasteiger partial charge in [0, 0.05) is 12.1 Å². The molecule has 3 N–H and O–H groups in total. The van der Waals surface area contributed by atoms with Crippen LogP contribution in [0.2, 0.25) is 5.02 Å². The van der Waals surface area contributed by atoms with Crippen molar-refractivity contribution in [3.05, 3.63) is 61.3 Å². The van der Waals surface area contributed by atoms with E-state index in [4.69, 9.17) is 22.1 Å². The maximum atomic E-state index is 12.0. The van der Waals surface area contributed by atoms with Gasteiger partial charge in [-0.2, -0.15) is 0 Å². The summed E-state index contributed by atoms with van der Waals surface area (Å²) in [6, 6.07) is 5.86. The summed E-state index contributed by atoms with van der Waals surface area (Å²) in [6.45, 7) is -0.688. The molecular formula is C14H12ClN3O5. The van der Waals surface area contributed by atoms with Gasteiger partial charge in [0.1, 0.15) is 11.4 Å². The van der Waals surface area contributed by atoms with E-state index < -0.39 is 35.2 Å². The number of carbonyl (C=O) groups excluding carboxylic acids is 2. The van der Waals surface area contributed by atoms with Gasteiger partial charge in [-0.15, -0.1) is 0 Å². The summed E-state index contributed by atoms with van der Waals surface area (Å²) < 4.78 is 5.75. The number of halogens is 1. The van der Waals surface area contributed by atoms with Gasteiger partial charge < -0.3 is 10.5 Å². The Bertz CT molecular complexity index is 883. The van der Waals surface area contributed by atoms with Crippen LogP contribution in [0.1, 0.15) is 20.7 Å². The van der Waals surface area contributed by atoms with Crippen LogP contribution in [0.4, 0.5) is 5.82 Å². The third kappa shape index (κ3) is 3.49. The number of carbonyl (C=O) groups is 2. The SMILES string of the molecule is Cn1c(N)c(C(=O)COC(=O)c2ccc(Cl)cc2)c(=O)[nH]c1=O. The number of Topliss-reactive ketones (excluding diaryl/α,β-unsaturated/α-hetero) is 1. The van der Waals surface area contributed by atoms with E-state index in [0.29, 0.717) is 5.02 Å². The largest absolute Gasteiger partial charge is 0.454 e. The minimum Gasteiger partial charge on any atom is -0.454 e. The highest BCUT2D eigenvalue weighted by molar-refractivity contribution is 6.30. The molecule has 0 amide bonds. The number of esters is 1. The van der Waals surface area contributed by atoms with Crippen molar-refractivity contribution in [1.82, 2.24) is 9.55 Å². The number of nitrogens with zero attached hydrogens (tertiary/aromatic N) is 1. The molecule has 0 spiro atoms. The van der Waals surface area contributed by atoms with Crippen molar-refractivity contribution in [1.29, 1.82) is 0 Å². The number of ether oxygens (including phenoxy) is 1. The lowest BCUT2D eigenvalue weighted by Crippen LogP contribution is -2.35. The zero-order valence-electron chi connectivity index (χ0n) is 12.0. The number of nitrogens with two attached hydrogens (primary N) is 1. The zero-order valence-corrected chi connectivity index (χ0v) is 12.7. The van der Waals surface area contributed by atoms with Crippen LogP contribution in [0, 0.1) is 0 Å². The average Bonchev–Trinajstić information content (AvgIpc) is 2.51. The molecule has 2 aromatic rings. The molecule has 1 aromatic carbocycles. The normalized spacial score (nSPS) is 10.3. The second-order valence-corrected chi connectivity index (χ2v) is 5.02. The maximum Gasteiger partial charge on any atom is 0.338 e. The molecule has 0 bridgehead atoms. The van der Waals surface area contributed by atoms with Crippen LogP contribution in [0.5, 0.6) is 0 Å². The topological polar surface area (TPSA) is 124 Å². The second kappa shape index (κ2) is 6.49. The van der Waals surface area contributed by atoms with Gasteiger partial charge in [-0.3, -0.25) is 19.1 Å². The Morgan fingerprint density at radius 2 is 1.87 bits per heavy atom. The highest BCUT2D eigenvalue weighted by Gasteiger charge is 2.19. The van der Waals surface area contributed by atoms with Crippen molar-refractivity contribution in [3.63, 3.8) is 0 Å². The number of H-pyrrole nitrogens is 1. The Morgan fingerprint density at radius 3 is 2.48 bits per heavy atom. The molecule has 2 rings (SSSR count). The molecule has 1 heterocycles. The van der Waals surface area contributed by atoms with Crippen molar-refractivity contribution in [2.45, 2.75) is 0 Å². The lowest BCUT2D eigenvalue weighted by Gasteiger charge is -2.08. The molecule has 1 aromatic heterocycles. The molecule has 0 saturated carbocycles. The first-order valence-electron chi connectivity index (χ1n) is 6.36. The minimum atomic E-state index is -0.932. The summed E-state index contributed by atoms with van der Waals surface area (Å²) in [4.78, 5) is 48.8. The second-order valence-electron chi connectivity index (χ2n) is 4.58. The third-order valence-corrected chi connectivity index (χ3v) is 3.31. The van der Waals surface area contributed by atoms with E-state index in [-0.39, 0.29) is 11.4 Å². The highest BCUT2D eigenvalue weighted by Crippen LogP contribution is 2.11. The van der Waals surface area contributed by atoms with Crippen LogP contribution in [-0.2, 0) is 11.8 Å². The van der Waals surface area contributed by atoms with Gasteiger partial charge in [0.2, 0.25) is 5.78 Å². The van der Waals surface area contributed by atoms with Crippen molar-refractivity contribution >= 4 is 29.2 Å². The van der Waals surface area contributed by atoms with E-state index in [1.165, 1.54) is 31.3 Å². The van der Waals surface area contributed by atoms with E-state index in [1.54, 1.807) is 0 Å². The van der Waals surface area contributed by atoms with Crippen LogP contribution in [0.15, 0.2) is 33.9 Å². The van der Waals surface area contributed by atoms with Gasteiger partial charge in [0.25, 0.3) is 5.56 Å². The first kappa shape index (κ1) is 16.5. The van der Waals surface area contributed by atoms with E-state index >= 15 is 0 Å². The van der Waals surface area contributed by atoms with Gasteiger partial charge in [-0.1, -0.05) is 11.6 Å². The lowest BCUT2D eigenvalue weighted by molar-refractivity contribution is 0.0474. The standard InChI is InChI=1S/C14H12ClN3O5/c1-18-11(16)10(12(20)17-14(18)22)9(19)6-23-13(21)7-2-4-8(15)5-3-7/h2-5H,6,16H2,1H3,(H,17,20,22). The fraction of sp³-hybridized carbons (Fsp3) is 0.143. The molecule has 0 aliphatic rings. The molecule has 9 heteroatoms. The maximum absolute atomic E-state index is 12.0. The Hall–Kier alpha value is -2.87. The van der Waals surface area contributed by atoms with E-state index in [0.717, 1.165) is 4.57 Å². The van der Waals surface area contributed by atoms with Gasteiger partial charge in [-0.05, 0) is 24.3 Å². The van der Waals surface area contributed by atoms with Crippen LogP contribution >= 0.6 is 11.6 Å². The first-order chi connectivity index (χ1) is 10.8. The first-order valence-corrected chi connectivity index (χ1v) is 6.73. The molecule has 8 nitrogen and oxygen atoms in total. The summed E-state index contributed by atoms with van der Waals surface area (Å²) in [5, 5.41) is 0.446. The number of rotatable bonds is 4. The summed E-state index contributed by atoms with van der Waals surface area (Å²) in [6.07, 6.45) is 0. The van der Waals surface area contributed by atoms with Crippen LogP contribution in [0.25, 0.3) is 0 Å². The van der Waals surface area contributed by atoms with E-state index in [9.17, 15) is 19.2 Å². The fourth-order valence-corrected chi connectivity index (χ4v) is 1.90. The van der Waals surface area contributed by atoms with Gasteiger partial charge >= 0.3 is 11.7 Å². The lowest BCUT2D eigenvalue weighted by atomic mass is 10.2. The van der Waals surface area contributed by atoms with Crippen LogP contribution in [0.3, 0.4) is 0 Å². The number of nitrogen functional groups attached to an aromatic ring is 1. The van der Waals surface area contributed by atoms with Crippen molar-refractivity contribution in [3.8, 4) is 0 Å². The van der Waals surface area contributed by atoms with Crippen molar-refractivity contribution < 1.29 is 14.3 Å². The Labute approximate surface area is 134 Å². The van der Waals surface area contributed by atoms with Crippen molar-refractivity contribution in [2.24, 2.45) is 7.05 Å². The molecule has 0 saturated heterocycles. The summed E-state index contributed by atoms with van der Waals surface area (Å²) in [5.74, 6) is -1.87. The molecule has 120 valence electrons. The quantitative estimate of drug-likeness (QED) is 0.612. The zero-order chi connectivity index (χ0) is 17.1.